The van der Waals surface area contributed by atoms with Crippen molar-refractivity contribution in [3.8, 4) is 28.3 Å². The summed E-state index contributed by atoms with van der Waals surface area (Å²) in [5.41, 5.74) is 13.9. The number of furan rings is 1. The number of benzene rings is 5. The summed E-state index contributed by atoms with van der Waals surface area (Å²) in [4.78, 5) is 14.9. The average Bonchev–Trinajstić information content (AvgIpc) is 3.82. The van der Waals surface area contributed by atoms with Gasteiger partial charge in [-0.3, -0.25) is 4.98 Å². The molecule has 9 rings (SSSR count). The van der Waals surface area contributed by atoms with Crippen LogP contribution in [0, 0.1) is 25.0 Å². The third-order valence-electron chi connectivity index (χ3n) is 11.9. The summed E-state index contributed by atoms with van der Waals surface area (Å²) in [5, 5.41) is 6.15. The molecule has 9 aromatic rings. The maximum absolute atomic E-state index is 6.63. The normalized spacial score (nSPS) is 12.0. The van der Waals surface area contributed by atoms with E-state index in [4.69, 9.17) is 14.4 Å². The van der Waals surface area contributed by atoms with Crippen molar-refractivity contribution in [3.05, 3.63) is 149 Å². The number of hydrogen-bond acceptors (Lipinski definition) is 4. The Hall–Kier alpha value is -5.20. The Bertz CT molecular complexity index is 3060. The van der Waals surface area contributed by atoms with Gasteiger partial charge in [-0.2, -0.15) is 0 Å². The maximum Gasteiger partial charge on any atom is 0.216 e. The van der Waals surface area contributed by atoms with Crippen LogP contribution in [-0.4, -0.2) is 27.6 Å². The van der Waals surface area contributed by atoms with Crippen molar-refractivity contribution in [1.29, 1.82) is 0 Å². The van der Waals surface area contributed by atoms with Crippen LogP contribution in [0.25, 0.3) is 72.2 Å². The van der Waals surface area contributed by atoms with Crippen molar-refractivity contribution in [2.75, 3.05) is 0 Å². The Labute approximate surface area is 388 Å². The Morgan fingerprint density at radius 2 is 1.48 bits per heavy atom. The summed E-state index contributed by atoms with van der Waals surface area (Å²) in [5.74, 6) is 2.42. The van der Waals surface area contributed by atoms with Crippen LogP contribution in [0.4, 0.5) is 0 Å². The van der Waals surface area contributed by atoms with Crippen LogP contribution in [0.15, 0.2) is 114 Å². The molecule has 325 valence electrons. The van der Waals surface area contributed by atoms with E-state index in [0.29, 0.717) is 29.4 Å². The second kappa shape index (κ2) is 18.5. The summed E-state index contributed by atoms with van der Waals surface area (Å²) < 4.78 is 8.99. The quantitative estimate of drug-likeness (QED) is 0.107. The zero-order valence-electron chi connectivity index (χ0n) is 38.9. The van der Waals surface area contributed by atoms with E-state index < -0.39 is 8.07 Å². The first-order chi connectivity index (χ1) is 29.6. The van der Waals surface area contributed by atoms with Crippen LogP contribution in [0.2, 0.25) is 19.6 Å². The predicted molar refractivity (Wildman–Crippen MR) is 265 cm³/mol. The number of nitrogens with zero attached hydrogens (tertiary/aromatic N) is 4. The van der Waals surface area contributed by atoms with Gasteiger partial charge in [-0.15, -0.1) is 53.6 Å². The smallest absolute Gasteiger partial charge is 0.216 e. The first-order valence-electron chi connectivity index (χ1n) is 22.4. The Morgan fingerprint density at radius 1 is 0.746 bits per heavy atom. The number of para-hydroxylation sites is 2. The first-order valence-corrected chi connectivity index (χ1v) is 25.9. The van der Waals surface area contributed by atoms with Crippen LogP contribution in [0.1, 0.15) is 101 Å². The molecule has 0 bridgehead atoms. The number of pyridine rings is 2. The maximum atomic E-state index is 6.63. The molecular formula is C56H60IrN4OSi-2. The van der Waals surface area contributed by atoms with Crippen LogP contribution < -0.4 is 5.19 Å². The SMILES string of the molecule is CC(C)Cc1cc(-c2[c-]cccc2)ncc1[Si](C)(C)C.Cc1c[c-]c(-c2nc3ccccc3n2-c2c(C(C)C)cc3ccccc3c2C(C)C)c2oc3nc(C(C)C)ccc3c12.[Ir]. The molecule has 0 amide bonds. The van der Waals surface area contributed by atoms with E-state index in [1.54, 1.807) is 0 Å². The topological polar surface area (TPSA) is 56.7 Å². The van der Waals surface area contributed by atoms with Gasteiger partial charge >= 0.3 is 0 Å². The zero-order chi connectivity index (χ0) is 44.0. The van der Waals surface area contributed by atoms with E-state index in [0.717, 1.165) is 67.7 Å². The fraction of sp³-hybridized carbons (Fsp3) is 0.304. The number of rotatable bonds is 9. The molecule has 0 saturated heterocycles. The van der Waals surface area contributed by atoms with Gasteiger partial charge in [0, 0.05) is 43.1 Å². The fourth-order valence-corrected chi connectivity index (χ4v) is 10.5. The van der Waals surface area contributed by atoms with Crippen molar-refractivity contribution in [1.82, 2.24) is 19.5 Å². The molecule has 5 aromatic carbocycles. The first kappa shape index (κ1) is 45.8. The number of aryl methyl sites for hydroxylation is 1. The largest absolute Gasteiger partial charge is 0.486 e. The molecule has 4 heterocycles. The Balaban J connectivity index is 0.000000239. The summed E-state index contributed by atoms with van der Waals surface area (Å²) in [7, 11) is -1.34. The minimum atomic E-state index is -1.34. The van der Waals surface area contributed by atoms with E-state index in [1.807, 2.05) is 18.2 Å². The molecule has 0 aliphatic rings. The molecular weight excluding hydrogens is 965 g/mol. The minimum absolute atomic E-state index is 0. The molecule has 7 heteroatoms. The monoisotopic (exact) mass is 1030 g/mol. The zero-order valence-corrected chi connectivity index (χ0v) is 42.3. The summed E-state index contributed by atoms with van der Waals surface area (Å²) in [6.07, 6.45) is 3.24. The Morgan fingerprint density at radius 3 is 2.16 bits per heavy atom. The summed E-state index contributed by atoms with van der Waals surface area (Å²) >= 11 is 0. The standard InChI is InChI=1S/C38H36N3O.C18H24NSi.Ir/c1-21(2)29-20-25-12-8-9-13-26(25)33(23(5)6)35(29)41-32-15-11-10-14-31(32)39-37(41)28-17-16-24(7)34-27-18-19-30(22(3)4)40-38(27)42-36(28)34;1-14(2)11-16-12-17(15-9-7-6-8-10-15)19-13-18(16)20(3,4)5;/h8-16,18-23H,1-7H3;6-9,12-14H,11H2,1-5H3;/q2*-1;. The molecule has 63 heavy (non-hydrogen) atoms. The summed E-state index contributed by atoms with van der Waals surface area (Å²) in [6.45, 7) is 27.3. The van der Waals surface area contributed by atoms with Gasteiger partial charge in [-0.25, -0.2) is 4.98 Å². The van der Waals surface area contributed by atoms with Crippen molar-refractivity contribution < 1.29 is 24.5 Å². The van der Waals surface area contributed by atoms with E-state index in [2.05, 4.69) is 195 Å². The van der Waals surface area contributed by atoms with Crippen LogP contribution in [0.5, 0.6) is 0 Å². The van der Waals surface area contributed by atoms with Gasteiger partial charge in [0.15, 0.2) is 0 Å². The van der Waals surface area contributed by atoms with Crippen molar-refractivity contribution >= 4 is 57.1 Å². The van der Waals surface area contributed by atoms with Gasteiger partial charge in [0.05, 0.1) is 30.5 Å². The second-order valence-electron chi connectivity index (χ2n) is 19.3. The fourth-order valence-electron chi connectivity index (χ4n) is 8.93. The second-order valence-corrected chi connectivity index (χ2v) is 24.3. The molecule has 5 nitrogen and oxygen atoms in total. The number of imidazole rings is 1. The molecule has 4 aromatic heterocycles. The average molecular weight is 1030 g/mol. The number of hydrogen-bond donors (Lipinski definition) is 0. The van der Waals surface area contributed by atoms with Gasteiger partial charge in [0.2, 0.25) is 5.71 Å². The molecule has 0 aliphatic carbocycles. The van der Waals surface area contributed by atoms with Gasteiger partial charge in [-0.1, -0.05) is 141 Å². The van der Waals surface area contributed by atoms with E-state index >= 15 is 0 Å². The third kappa shape index (κ3) is 8.98. The van der Waals surface area contributed by atoms with E-state index in [9.17, 15) is 0 Å². The number of fused-ring (bicyclic) bond motifs is 5. The van der Waals surface area contributed by atoms with Gasteiger partial charge in [0.1, 0.15) is 0 Å². The van der Waals surface area contributed by atoms with Gasteiger partial charge < -0.3 is 14.0 Å². The van der Waals surface area contributed by atoms with Crippen LogP contribution >= 0.6 is 0 Å². The Kier molecular flexibility index (Phi) is 13.4. The minimum Gasteiger partial charge on any atom is -0.486 e. The van der Waals surface area contributed by atoms with E-state index in [-0.39, 0.29) is 20.1 Å². The van der Waals surface area contributed by atoms with E-state index in [1.165, 1.54) is 38.3 Å². The predicted octanol–water partition coefficient (Wildman–Crippen LogP) is 14.9. The van der Waals surface area contributed by atoms with Crippen molar-refractivity contribution in [3.63, 3.8) is 0 Å². The molecule has 0 N–H and O–H groups in total. The molecule has 0 spiro atoms. The summed E-state index contributed by atoms with van der Waals surface area (Å²) in [6, 6.07) is 43.1. The molecule has 0 aliphatic heterocycles. The van der Waals surface area contributed by atoms with Crippen molar-refractivity contribution in [2.45, 2.75) is 106 Å². The van der Waals surface area contributed by atoms with Gasteiger partial charge in [0.25, 0.3) is 0 Å². The van der Waals surface area contributed by atoms with Crippen molar-refractivity contribution in [2.24, 2.45) is 5.92 Å². The van der Waals surface area contributed by atoms with Gasteiger partial charge in [-0.05, 0) is 93.2 Å². The van der Waals surface area contributed by atoms with Crippen LogP contribution in [-0.2, 0) is 26.5 Å². The molecule has 0 unspecified atom stereocenters. The molecule has 0 atom stereocenters. The van der Waals surface area contributed by atoms with Crippen LogP contribution in [0.3, 0.4) is 0 Å². The molecule has 1 radical (unpaired) electrons. The third-order valence-corrected chi connectivity index (χ3v) is 14.0. The number of aromatic nitrogens is 4. The molecule has 0 fully saturated rings. The molecule has 0 saturated carbocycles.